The summed E-state index contributed by atoms with van der Waals surface area (Å²) >= 11 is 0. The van der Waals surface area contributed by atoms with Crippen LogP contribution in [0.5, 0.6) is 0 Å². The number of nitrogens with zero attached hydrogens (tertiary/aromatic N) is 2. The van der Waals surface area contributed by atoms with Crippen molar-refractivity contribution in [3.8, 4) is 0 Å². The fourth-order valence-electron chi connectivity index (χ4n) is 3.40. The molecule has 0 fully saturated rings. The molecule has 2 aromatic carbocycles. The van der Waals surface area contributed by atoms with E-state index in [0.717, 1.165) is 11.1 Å². The molecule has 0 saturated heterocycles. The van der Waals surface area contributed by atoms with Crippen molar-refractivity contribution in [3.05, 3.63) is 64.7 Å². The first-order chi connectivity index (χ1) is 15.3. The highest BCUT2D eigenvalue weighted by Crippen LogP contribution is 2.37. The topological polar surface area (TPSA) is 53.6 Å². The van der Waals surface area contributed by atoms with E-state index < -0.39 is 28.9 Å². The van der Waals surface area contributed by atoms with E-state index in [4.69, 9.17) is 5.73 Å². The van der Waals surface area contributed by atoms with Crippen molar-refractivity contribution in [2.24, 2.45) is 16.1 Å². The van der Waals surface area contributed by atoms with Gasteiger partial charge in [-0.3, -0.25) is 4.99 Å². The number of fused-ring (bicyclic) bond motifs is 1. The smallest absolute Gasteiger partial charge is 0.338 e. The lowest BCUT2D eigenvalue weighted by Gasteiger charge is -2.33. The highest BCUT2D eigenvalue weighted by Gasteiger charge is 2.37. The Morgan fingerprint density at radius 2 is 1.55 bits per heavy atom. The monoisotopic (exact) mass is 472 g/mol. The van der Waals surface area contributed by atoms with E-state index in [9.17, 15) is 26.3 Å². The van der Waals surface area contributed by atoms with E-state index >= 15 is 0 Å². The van der Waals surface area contributed by atoms with E-state index in [1.54, 1.807) is 0 Å². The zero-order valence-electron chi connectivity index (χ0n) is 18.3. The van der Waals surface area contributed by atoms with Gasteiger partial charge in [-0.15, -0.1) is 0 Å². The second kappa shape index (κ2) is 9.24. The Bertz CT molecular complexity index is 978. The molecule has 0 bridgehead atoms. The van der Waals surface area contributed by atoms with E-state index in [2.05, 4.69) is 10.3 Å². The average Bonchev–Trinajstić information content (AvgIpc) is 2.75. The van der Waals surface area contributed by atoms with Crippen molar-refractivity contribution in [1.29, 1.82) is 0 Å². The summed E-state index contributed by atoms with van der Waals surface area (Å²) in [6.45, 7) is 5.26. The number of hydrogen-bond donors (Lipinski definition) is 2. The standard InChI is InChI=1S/C23H26F6N4/c1-21(2,13-30)14-31-20(33-8-7-15-5-3-4-6-16(15)12-33)32-19-10-17(22(24,25)26)9-18(11-19)23(27,28)29/h3-6,9-11H,7-8,12-14,30H2,1-2H3,(H,31,32). The minimum absolute atomic E-state index is 0.108. The fourth-order valence-corrected chi connectivity index (χ4v) is 3.40. The van der Waals surface area contributed by atoms with Crippen molar-refractivity contribution in [3.63, 3.8) is 0 Å². The van der Waals surface area contributed by atoms with Crippen LogP contribution in [0, 0.1) is 5.41 Å². The van der Waals surface area contributed by atoms with Gasteiger partial charge in [-0.2, -0.15) is 26.3 Å². The summed E-state index contributed by atoms with van der Waals surface area (Å²) < 4.78 is 79.8. The summed E-state index contributed by atoms with van der Waals surface area (Å²) in [6, 6.07) is 9.18. The summed E-state index contributed by atoms with van der Waals surface area (Å²) in [5, 5.41) is 2.74. The summed E-state index contributed by atoms with van der Waals surface area (Å²) in [7, 11) is 0. The first kappa shape index (κ1) is 24.9. The zero-order valence-corrected chi connectivity index (χ0v) is 18.3. The van der Waals surface area contributed by atoms with Crippen LogP contribution in [0.3, 0.4) is 0 Å². The molecule has 0 saturated carbocycles. The minimum atomic E-state index is -4.93. The molecule has 1 heterocycles. The van der Waals surface area contributed by atoms with Gasteiger partial charge in [0.2, 0.25) is 0 Å². The first-order valence-corrected chi connectivity index (χ1v) is 10.4. The molecule has 10 heteroatoms. The van der Waals surface area contributed by atoms with Gasteiger partial charge in [0.05, 0.1) is 11.1 Å². The maximum Gasteiger partial charge on any atom is 0.416 e. The van der Waals surface area contributed by atoms with Crippen LogP contribution < -0.4 is 11.1 Å². The molecule has 0 aliphatic carbocycles. The molecule has 4 nitrogen and oxygen atoms in total. The van der Waals surface area contributed by atoms with Gasteiger partial charge in [0.25, 0.3) is 0 Å². The van der Waals surface area contributed by atoms with Gasteiger partial charge >= 0.3 is 12.4 Å². The molecule has 3 N–H and O–H groups in total. The predicted octanol–water partition coefficient (Wildman–Crippen LogP) is 5.54. The number of aliphatic imine (C=N–C) groups is 1. The summed E-state index contributed by atoms with van der Waals surface area (Å²) in [5.74, 6) is 0.207. The maximum absolute atomic E-state index is 13.3. The molecule has 0 aromatic heterocycles. The van der Waals surface area contributed by atoms with Gasteiger partial charge in [0.1, 0.15) is 0 Å². The molecule has 0 atom stereocenters. The van der Waals surface area contributed by atoms with E-state index in [1.165, 1.54) is 0 Å². The second-order valence-corrected chi connectivity index (χ2v) is 8.87. The van der Waals surface area contributed by atoms with Gasteiger partial charge in [-0.25, -0.2) is 0 Å². The Kier molecular flexibility index (Phi) is 6.97. The molecule has 0 spiro atoms. The number of rotatable bonds is 4. The highest BCUT2D eigenvalue weighted by molar-refractivity contribution is 5.94. The molecule has 180 valence electrons. The van der Waals surface area contributed by atoms with Crippen LogP contribution in [0.1, 0.15) is 36.1 Å². The molecule has 1 aliphatic rings. The minimum Gasteiger partial charge on any atom is -0.338 e. The fraction of sp³-hybridized carbons (Fsp3) is 0.435. The molecule has 33 heavy (non-hydrogen) atoms. The molecule has 0 radical (unpaired) electrons. The number of nitrogens with one attached hydrogen (secondary N) is 1. The van der Waals surface area contributed by atoms with Crippen LogP contribution in [-0.2, 0) is 25.3 Å². The lowest BCUT2D eigenvalue weighted by atomic mass is 9.94. The van der Waals surface area contributed by atoms with Crippen LogP contribution in [-0.4, -0.2) is 30.5 Å². The van der Waals surface area contributed by atoms with Crippen LogP contribution in [0.25, 0.3) is 0 Å². The summed E-state index contributed by atoms with van der Waals surface area (Å²) in [5.41, 5.74) is 4.44. The van der Waals surface area contributed by atoms with Crippen LogP contribution in [0.2, 0.25) is 0 Å². The quantitative estimate of drug-likeness (QED) is 0.349. The zero-order chi connectivity index (χ0) is 24.4. The first-order valence-electron chi connectivity index (χ1n) is 10.4. The predicted molar refractivity (Wildman–Crippen MR) is 116 cm³/mol. The molecule has 0 amide bonds. The largest absolute Gasteiger partial charge is 0.416 e. The maximum atomic E-state index is 13.3. The summed E-state index contributed by atoms with van der Waals surface area (Å²) in [6.07, 6.45) is -9.19. The number of halogens is 6. The van der Waals surface area contributed by atoms with E-state index in [0.29, 0.717) is 38.2 Å². The third-order valence-corrected chi connectivity index (χ3v) is 5.48. The molecule has 0 unspecified atom stereocenters. The number of anilines is 1. The number of guanidine groups is 1. The number of nitrogens with two attached hydrogens (primary N) is 1. The van der Waals surface area contributed by atoms with Crippen molar-refractivity contribution < 1.29 is 26.3 Å². The molecular weight excluding hydrogens is 446 g/mol. The Morgan fingerprint density at radius 3 is 2.09 bits per heavy atom. The lowest BCUT2D eigenvalue weighted by molar-refractivity contribution is -0.143. The van der Waals surface area contributed by atoms with Crippen molar-refractivity contribution in [2.45, 2.75) is 39.2 Å². The molecule has 3 rings (SSSR count). The van der Waals surface area contributed by atoms with Crippen molar-refractivity contribution in [1.82, 2.24) is 4.90 Å². The second-order valence-electron chi connectivity index (χ2n) is 8.87. The van der Waals surface area contributed by atoms with Gasteiger partial charge in [0, 0.05) is 25.3 Å². The Morgan fingerprint density at radius 1 is 0.970 bits per heavy atom. The third-order valence-electron chi connectivity index (χ3n) is 5.48. The lowest BCUT2D eigenvalue weighted by Crippen LogP contribution is -2.41. The number of alkyl halides is 6. The average molecular weight is 472 g/mol. The van der Waals surface area contributed by atoms with E-state index in [-0.39, 0.29) is 24.3 Å². The van der Waals surface area contributed by atoms with Crippen LogP contribution >= 0.6 is 0 Å². The van der Waals surface area contributed by atoms with Gasteiger partial charge in [0.15, 0.2) is 5.96 Å². The Labute approximate surface area is 188 Å². The number of benzene rings is 2. The van der Waals surface area contributed by atoms with E-state index in [1.807, 2.05) is 43.0 Å². The van der Waals surface area contributed by atoms with Crippen LogP contribution in [0.4, 0.5) is 32.0 Å². The van der Waals surface area contributed by atoms with Crippen molar-refractivity contribution in [2.75, 3.05) is 25.0 Å². The third kappa shape index (κ3) is 6.40. The molecular formula is C23H26F6N4. The SMILES string of the molecule is CC(C)(CN)CN=C(Nc1cc(C(F)(F)F)cc(C(F)(F)F)c1)N1CCc2ccccc2C1. The molecule has 2 aromatic rings. The van der Waals surface area contributed by atoms with Gasteiger partial charge in [-0.1, -0.05) is 38.1 Å². The van der Waals surface area contributed by atoms with Gasteiger partial charge < -0.3 is 16.0 Å². The summed E-state index contributed by atoms with van der Waals surface area (Å²) in [4.78, 5) is 6.35. The van der Waals surface area contributed by atoms with Gasteiger partial charge in [-0.05, 0) is 47.7 Å². The molecule has 1 aliphatic heterocycles. The Balaban J connectivity index is 1.99. The highest BCUT2D eigenvalue weighted by atomic mass is 19.4. The normalized spacial score (nSPS) is 15.4. The van der Waals surface area contributed by atoms with Crippen molar-refractivity contribution >= 4 is 11.6 Å². The Hall–Kier alpha value is -2.75. The van der Waals surface area contributed by atoms with Crippen LogP contribution in [0.15, 0.2) is 47.5 Å². The number of hydrogen-bond acceptors (Lipinski definition) is 2.